The molecule has 0 aliphatic carbocycles. The number of nitrogens with one attached hydrogen (secondary N) is 1. The minimum Gasteiger partial charge on any atom is -0.436 e. The molecule has 0 saturated carbocycles. The largest absolute Gasteiger partial charge is 0.436 e. The highest BCUT2D eigenvalue weighted by molar-refractivity contribution is 9.10. The summed E-state index contributed by atoms with van der Waals surface area (Å²) in [6.45, 7) is 0. The number of nitrogens with zero attached hydrogens (tertiary/aromatic N) is 3. The van der Waals surface area contributed by atoms with Gasteiger partial charge in [0.1, 0.15) is 11.3 Å². The maximum absolute atomic E-state index is 14.0. The van der Waals surface area contributed by atoms with Crippen LogP contribution in [0, 0.1) is 17.1 Å². The molecule has 2 heterocycles. The Balaban J connectivity index is 1.61. The van der Waals surface area contributed by atoms with E-state index in [4.69, 9.17) is 9.68 Å². The molecule has 136 valence electrons. The molecule has 1 N–H and O–H groups in total. The third-order valence-corrected chi connectivity index (χ3v) is 4.37. The Morgan fingerprint density at radius 2 is 2.04 bits per heavy atom. The number of fused-ring (bicyclic) bond motifs is 1. The number of carbonyl (C=O) groups excluding carboxylic acids is 1. The second-order valence-corrected chi connectivity index (χ2v) is 6.77. The van der Waals surface area contributed by atoms with Crippen molar-refractivity contribution < 1.29 is 13.6 Å². The average molecular weight is 437 g/mol. The molecule has 0 spiro atoms. The van der Waals surface area contributed by atoms with Gasteiger partial charge in [-0.2, -0.15) is 5.26 Å². The Kier molecular flexibility index (Phi) is 4.59. The van der Waals surface area contributed by atoms with Crippen LogP contribution in [0.1, 0.15) is 15.9 Å². The van der Waals surface area contributed by atoms with Crippen molar-refractivity contribution in [2.24, 2.45) is 0 Å². The van der Waals surface area contributed by atoms with Gasteiger partial charge in [-0.05, 0) is 58.4 Å². The molecule has 0 unspecified atom stereocenters. The number of pyridine rings is 1. The Bertz CT molecular complexity index is 1260. The highest BCUT2D eigenvalue weighted by Crippen LogP contribution is 2.27. The van der Waals surface area contributed by atoms with Crippen molar-refractivity contribution in [2.75, 3.05) is 5.32 Å². The average Bonchev–Trinajstić information content (AvgIpc) is 3.11. The van der Waals surface area contributed by atoms with E-state index in [0.717, 1.165) is 10.5 Å². The normalized spacial score (nSPS) is 10.6. The quantitative estimate of drug-likeness (QED) is 0.492. The van der Waals surface area contributed by atoms with E-state index in [2.05, 4.69) is 31.2 Å². The van der Waals surface area contributed by atoms with Gasteiger partial charge in [0.25, 0.3) is 5.91 Å². The van der Waals surface area contributed by atoms with E-state index >= 15 is 0 Å². The Labute approximate surface area is 166 Å². The zero-order chi connectivity index (χ0) is 19.7. The first-order valence-electron chi connectivity index (χ1n) is 8.06. The fourth-order valence-corrected chi connectivity index (χ4v) is 2.99. The van der Waals surface area contributed by atoms with E-state index in [1.807, 2.05) is 12.1 Å². The predicted molar refractivity (Wildman–Crippen MR) is 104 cm³/mol. The summed E-state index contributed by atoms with van der Waals surface area (Å²) in [6, 6.07) is 12.3. The van der Waals surface area contributed by atoms with Gasteiger partial charge in [-0.3, -0.25) is 9.78 Å². The number of hydrogen-bond donors (Lipinski definition) is 1. The summed E-state index contributed by atoms with van der Waals surface area (Å²) in [7, 11) is 0. The molecule has 0 radical (unpaired) electrons. The van der Waals surface area contributed by atoms with E-state index < -0.39 is 11.7 Å². The predicted octanol–water partition coefficient (Wildman–Crippen LogP) is 4.92. The molecule has 6 nitrogen and oxygen atoms in total. The lowest BCUT2D eigenvalue weighted by Gasteiger charge is -2.06. The van der Waals surface area contributed by atoms with Crippen LogP contribution >= 0.6 is 15.9 Å². The molecule has 0 aliphatic heterocycles. The van der Waals surface area contributed by atoms with Crippen molar-refractivity contribution in [3.05, 3.63) is 76.3 Å². The van der Waals surface area contributed by atoms with Gasteiger partial charge in [0.15, 0.2) is 5.58 Å². The van der Waals surface area contributed by atoms with Crippen LogP contribution in [0.25, 0.3) is 22.6 Å². The van der Waals surface area contributed by atoms with Gasteiger partial charge in [-0.15, -0.1) is 0 Å². The van der Waals surface area contributed by atoms with Crippen molar-refractivity contribution in [3.8, 4) is 17.5 Å². The Hall–Kier alpha value is -3.57. The van der Waals surface area contributed by atoms with E-state index in [1.165, 1.54) is 12.1 Å². The molecule has 0 atom stereocenters. The number of anilines is 1. The summed E-state index contributed by atoms with van der Waals surface area (Å²) in [5.41, 5.74) is 2.21. The van der Waals surface area contributed by atoms with Crippen molar-refractivity contribution >= 4 is 38.6 Å². The standard InChI is InChI=1S/C20H10BrFN4O2/c21-13-6-12(9-24-10-13)20-26-17-7-14(2-4-18(17)28-20)25-19(27)15-3-1-11(8-23)5-16(15)22/h1-7,9-10H,(H,25,27). The van der Waals surface area contributed by atoms with Gasteiger partial charge >= 0.3 is 0 Å². The molecule has 28 heavy (non-hydrogen) atoms. The first-order chi connectivity index (χ1) is 13.5. The highest BCUT2D eigenvalue weighted by atomic mass is 79.9. The van der Waals surface area contributed by atoms with E-state index in [9.17, 15) is 9.18 Å². The van der Waals surface area contributed by atoms with Crippen LogP contribution in [0.4, 0.5) is 10.1 Å². The van der Waals surface area contributed by atoms with Gasteiger partial charge in [0.05, 0.1) is 22.8 Å². The molecule has 2 aromatic carbocycles. The fourth-order valence-electron chi connectivity index (χ4n) is 2.62. The van der Waals surface area contributed by atoms with Crippen LogP contribution in [0.2, 0.25) is 0 Å². The second kappa shape index (κ2) is 7.21. The number of nitriles is 1. The zero-order valence-corrected chi connectivity index (χ0v) is 15.7. The third kappa shape index (κ3) is 3.48. The molecule has 0 saturated heterocycles. The van der Waals surface area contributed by atoms with E-state index in [1.54, 1.807) is 30.6 Å². The number of amides is 1. The summed E-state index contributed by atoms with van der Waals surface area (Å²) in [5, 5.41) is 11.4. The molecule has 2 aromatic heterocycles. The molecule has 4 rings (SSSR count). The Morgan fingerprint density at radius 3 is 2.79 bits per heavy atom. The van der Waals surface area contributed by atoms with Crippen LogP contribution < -0.4 is 5.32 Å². The SMILES string of the molecule is N#Cc1ccc(C(=O)Nc2ccc3oc(-c4cncc(Br)c4)nc3c2)c(F)c1. The highest BCUT2D eigenvalue weighted by Gasteiger charge is 2.14. The summed E-state index contributed by atoms with van der Waals surface area (Å²) in [6.07, 6.45) is 3.29. The monoisotopic (exact) mass is 436 g/mol. The van der Waals surface area contributed by atoms with Gasteiger partial charge < -0.3 is 9.73 Å². The summed E-state index contributed by atoms with van der Waals surface area (Å²) in [5.74, 6) is -0.991. The molecular formula is C20H10BrFN4O2. The van der Waals surface area contributed by atoms with Gasteiger partial charge in [-0.25, -0.2) is 9.37 Å². The zero-order valence-electron chi connectivity index (χ0n) is 14.1. The minimum atomic E-state index is -0.761. The maximum Gasteiger partial charge on any atom is 0.258 e. The smallest absolute Gasteiger partial charge is 0.258 e. The van der Waals surface area contributed by atoms with Crippen molar-refractivity contribution in [2.45, 2.75) is 0 Å². The third-order valence-electron chi connectivity index (χ3n) is 3.94. The van der Waals surface area contributed by atoms with Gasteiger partial charge in [0, 0.05) is 22.6 Å². The van der Waals surface area contributed by atoms with Crippen LogP contribution in [0.15, 0.2) is 63.7 Å². The molecule has 8 heteroatoms. The van der Waals surface area contributed by atoms with Crippen LogP contribution in [-0.2, 0) is 0 Å². The van der Waals surface area contributed by atoms with Crippen molar-refractivity contribution in [1.29, 1.82) is 5.26 Å². The van der Waals surface area contributed by atoms with Crippen LogP contribution in [0.3, 0.4) is 0 Å². The van der Waals surface area contributed by atoms with Crippen LogP contribution in [0.5, 0.6) is 0 Å². The number of carbonyl (C=O) groups is 1. The lowest BCUT2D eigenvalue weighted by Crippen LogP contribution is -2.13. The fraction of sp³-hybridized carbons (Fsp3) is 0. The molecular weight excluding hydrogens is 427 g/mol. The number of hydrogen-bond acceptors (Lipinski definition) is 5. The maximum atomic E-state index is 14.0. The van der Waals surface area contributed by atoms with Crippen LogP contribution in [-0.4, -0.2) is 15.9 Å². The number of rotatable bonds is 3. The first kappa shape index (κ1) is 17.8. The summed E-state index contributed by atoms with van der Waals surface area (Å²) < 4.78 is 20.5. The van der Waals surface area contributed by atoms with Crippen molar-refractivity contribution in [1.82, 2.24) is 9.97 Å². The van der Waals surface area contributed by atoms with Crippen molar-refractivity contribution in [3.63, 3.8) is 0 Å². The van der Waals surface area contributed by atoms with Gasteiger partial charge in [0.2, 0.25) is 5.89 Å². The lowest BCUT2D eigenvalue weighted by atomic mass is 10.1. The summed E-state index contributed by atoms with van der Waals surface area (Å²) in [4.78, 5) is 20.8. The topological polar surface area (TPSA) is 91.8 Å². The van der Waals surface area contributed by atoms with E-state index in [-0.39, 0.29) is 11.1 Å². The number of benzene rings is 2. The molecule has 0 fully saturated rings. The molecule has 0 aliphatic rings. The molecule has 4 aromatic rings. The Morgan fingerprint density at radius 1 is 1.18 bits per heavy atom. The summed E-state index contributed by atoms with van der Waals surface area (Å²) >= 11 is 3.35. The lowest BCUT2D eigenvalue weighted by molar-refractivity contribution is 0.102. The number of aromatic nitrogens is 2. The molecule has 0 bridgehead atoms. The van der Waals surface area contributed by atoms with Gasteiger partial charge in [-0.1, -0.05) is 0 Å². The first-order valence-corrected chi connectivity index (χ1v) is 8.85. The van der Waals surface area contributed by atoms with E-state index in [0.29, 0.717) is 28.2 Å². The number of oxazole rings is 1. The molecule has 1 amide bonds. The second-order valence-electron chi connectivity index (χ2n) is 5.85. The number of halogens is 2. The minimum absolute atomic E-state index is 0.146.